The Morgan fingerprint density at radius 2 is 2.00 bits per heavy atom. The van der Waals surface area contributed by atoms with Crippen LogP contribution >= 0.6 is 0 Å². The SMILES string of the molecule is CC(=O)N1C[C@@H]2CC[C@H](C1)N(C(=O)c1cc(C(F)(F)F)[nH]n1)C2. The molecule has 0 saturated carbocycles. The van der Waals surface area contributed by atoms with E-state index in [0.717, 1.165) is 18.9 Å². The largest absolute Gasteiger partial charge is 0.432 e. The van der Waals surface area contributed by atoms with Gasteiger partial charge in [-0.05, 0) is 18.8 Å². The monoisotopic (exact) mass is 330 g/mol. The highest BCUT2D eigenvalue weighted by atomic mass is 19.4. The van der Waals surface area contributed by atoms with Crippen LogP contribution in [0.15, 0.2) is 6.07 Å². The molecular formula is C14H17F3N4O2. The number of fused-ring (bicyclic) bond motifs is 4. The van der Waals surface area contributed by atoms with E-state index in [1.54, 1.807) is 9.80 Å². The summed E-state index contributed by atoms with van der Waals surface area (Å²) in [6.07, 6.45) is -2.90. The fraction of sp³-hybridized carbons (Fsp3) is 0.643. The van der Waals surface area contributed by atoms with Crippen LogP contribution in [0.5, 0.6) is 0 Å². The van der Waals surface area contributed by atoms with Gasteiger partial charge in [-0.3, -0.25) is 14.7 Å². The fourth-order valence-electron chi connectivity index (χ4n) is 3.31. The first-order valence-electron chi connectivity index (χ1n) is 7.45. The molecular weight excluding hydrogens is 313 g/mol. The number of H-pyrrole nitrogens is 1. The van der Waals surface area contributed by atoms with Gasteiger partial charge in [0.25, 0.3) is 5.91 Å². The Balaban J connectivity index is 1.80. The molecule has 3 aliphatic heterocycles. The number of rotatable bonds is 1. The van der Waals surface area contributed by atoms with Crippen LogP contribution in [0.4, 0.5) is 13.2 Å². The zero-order valence-electron chi connectivity index (χ0n) is 12.6. The van der Waals surface area contributed by atoms with Crippen LogP contribution in [-0.4, -0.2) is 57.5 Å². The number of halogens is 3. The highest BCUT2D eigenvalue weighted by Crippen LogP contribution is 2.31. The number of aromatic nitrogens is 2. The Hall–Kier alpha value is -2.06. The minimum atomic E-state index is -4.56. The lowest BCUT2D eigenvalue weighted by atomic mass is 9.94. The summed E-state index contributed by atoms with van der Waals surface area (Å²) in [6, 6.07) is 0.570. The molecule has 1 aromatic rings. The van der Waals surface area contributed by atoms with E-state index in [-0.39, 0.29) is 23.6 Å². The van der Waals surface area contributed by atoms with Gasteiger partial charge in [-0.25, -0.2) is 0 Å². The second-order valence-corrected chi connectivity index (χ2v) is 6.14. The minimum Gasteiger partial charge on any atom is -0.341 e. The van der Waals surface area contributed by atoms with Gasteiger partial charge in [0.05, 0.1) is 0 Å². The van der Waals surface area contributed by atoms with Gasteiger partial charge < -0.3 is 9.80 Å². The first-order chi connectivity index (χ1) is 10.8. The lowest BCUT2D eigenvalue weighted by molar-refractivity contribution is -0.141. The topological polar surface area (TPSA) is 69.3 Å². The fourth-order valence-corrected chi connectivity index (χ4v) is 3.31. The molecule has 3 saturated heterocycles. The third-order valence-corrected chi connectivity index (χ3v) is 4.52. The van der Waals surface area contributed by atoms with Crippen molar-refractivity contribution in [3.05, 3.63) is 17.5 Å². The average Bonchev–Trinajstić information content (AvgIpc) is 2.80. The van der Waals surface area contributed by atoms with Crippen molar-refractivity contribution in [2.75, 3.05) is 19.6 Å². The maximum Gasteiger partial charge on any atom is 0.432 e. The Bertz CT molecular complexity index is 628. The maximum atomic E-state index is 12.6. The number of amides is 2. The van der Waals surface area contributed by atoms with Crippen molar-refractivity contribution < 1.29 is 22.8 Å². The molecule has 3 aliphatic rings. The molecule has 23 heavy (non-hydrogen) atoms. The second-order valence-electron chi connectivity index (χ2n) is 6.14. The Morgan fingerprint density at radius 3 is 2.61 bits per heavy atom. The lowest BCUT2D eigenvalue weighted by Gasteiger charge is -2.35. The molecule has 0 unspecified atom stereocenters. The van der Waals surface area contributed by atoms with Gasteiger partial charge in [0.2, 0.25) is 5.91 Å². The lowest BCUT2D eigenvalue weighted by Crippen LogP contribution is -2.47. The predicted molar refractivity (Wildman–Crippen MR) is 73.4 cm³/mol. The van der Waals surface area contributed by atoms with Crippen LogP contribution in [-0.2, 0) is 11.0 Å². The molecule has 0 spiro atoms. The van der Waals surface area contributed by atoms with Crippen molar-refractivity contribution >= 4 is 11.8 Å². The Kier molecular flexibility index (Phi) is 3.81. The third kappa shape index (κ3) is 3.04. The second kappa shape index (κ2) is 5.54. The van der Waals surface area contributed by atoms with E-state index in [1.807, 2.05) is 5.10 Å². The molecule has 4 rings (SSSR count). The molecule has 2 atom stereocenters. The first kappa shape index (κ1) is 15.8. The highest BCUT2D eigenvalue weighted by Gasteiger charge is 2.40. The molecule has 2 bridgehead atoms. The summed E-state index contributed by atoms with van der Waals surface area (Å²) < 4.78 is 37.9. The normalized spacial score (nSPS) is 24.7. The van der Waals surface area contributed by atoms with Crippen molar-refractivity contribution in [3.8, 4) is 0 Å². The zero-order chi connectivity index (χ0) is 16.8. The molecule has 126 valence electrons. The summed E-state index contributed by atoms with van der Waals surface area (Å²) in [7, 11) is 0. The summed E-state index contributed by atoms with van der Waals surface area (Å²) in [4.78, 5) is 27.4. The van der Waals surface area contributed by atoms with Gasteiger partial charge in [0.1, 0.15) is 5.69 Å². The van der Waals surface area contributed by atoms with Crippen LogP contribution in [0.25, 0.3) is 0 Å². The van der Waals surface area contributed by atoms with E-state index >= 15 is 0 Å². The number of hydrogen-bond acceptors (Lipinski definition) is 3. The van der Waals surface area contributed by atoms with E-state index in [9.17, 15) is 22.8 Å². The maximum absolute atomic E-state index is 12.6. The van der Waals surface area contributed by atoms with E-state index in [2.05, 4.69) is 5.10 Å². The summed E-state index contributed by atoms with van der Waals surface area (Å²) in [5, 5.41) is 5.37. The van der Waals surface area contributed by atoms with Crippen molar-refractivity contribution in [2.45, 2.75) is 32.0 Å². The Labute approximate surface area is 130 Å². The van der Waals surface area contributed by atoms with Crippen LogP contribution in [0.3, 0.4) is 0 Å². The van der Waals surface area contributed by atoms with Crippen molar-refractivity contribution in [3.63, 3.8) is 0 Å². The summed E-state index contributed by atoms with van der Waals surface area (Å²) in [5.41, 5.74) is -1.27. The number of aromatic amines is 1. The molecule has 0 aliphatic carbocycles. The summed E-state index contributed by atoms with van der Waals surface area (Å²) in [6.45, 7) is 2.94. The number of nitrogens with one attached hydrogen (secondary N) is 1. The quantitative estimate of drug-likeness (QED) is 0.849. The van der Waals surface area contributed by atoms with Crippen LogP contribution in [0.2, 0.25) is 0 Å². The molecule has 0 radical (unpaired) electrons. The van der Waals surface area contributed by atoms with Crippen LogP contribution in [0.1, 0.15) is 35.9 Å². The van der Waals surface area contributed by atoms with Gasteiger partial charge >= 0.3 is 6.18 Å². The van der Waals surface area contributed by atoms with Crippen molar-refractivity contribution in [1.29, 1.82) is 0 Å². The third-order valence-electron chi connectivity index (χ3n) is 4.52. The van der Waals surface area contributed by atoms with Crippen LogP contribution in [0, 0.1) is 5.92 Å². The number of alkyl halides is 3. The molecule has 1 aromatic heterocycles. The van der Waals surface area contributed by atoms with Crippen molar-refractivity contribution in [2.24, 2.45) is 5.92 Å². The van der Waals surface area contributed by atoms with Gasteiger partial charge in [0, 0.05) is 38.7 Å². The molecule has 9 heteroatoms. The highest BCUT2D eigenvalue weighted by molar-refractivity contribution is 5.92. The molecule has 1 N–H and O–H groups in total. The standard InChI is InChI=1S/C14H17F3N4O2/c1-8(22)20-5-9-2-3-10(7-20)21(6-9)13(23)11-4-12(19-18-11)14(15,16)17/h4,9-10H,2-3,5-7H2,1H3,(H,18,19)/t9-,10+/m0/s1. The van der Waals surface area contributed by atoms with E-state index < -0.39 is 17.8 Å². The summed E-state index contributed by atoms with van der Waals surface area (Å²) >= 11 is 0. The van der Waals surface area contributed by atoms with E-state index in [0.29, 0.717) is 19.6 Å². The molecule has 6 nitrogen and oxygen atoms in total. The number of hydrogen-bond donors (Lipinski definition) is 1. The number of nitrogens with zero attached hydrogens (tertiary/aromatic N) is 3. The average molecular weight is 330 g/mol. The molecule has 0 aromatic carbocycles. The molecule has 4 heterocycles. The minimum absolute atomic E-state index is 0.0460. The molecule has 3 fully saturated rings. The van der Waals surface area contributed by atoms with Gasteiger partial charge in [-0.1, -0.05) is 0 Å². The number of carbonyl (C=O) groups is 2. The van der Waals surface area contributed by atoms with E-state index in [4.69, 9.17) is 0 Å². The zero-order valence-corrected chi connectivity index (χ0v) is 12.6. The smallest absolute Gasteiger partial charge is 0.341 e. The van der Waals surface area contributed by atoms with Gasteiger partial charge in [0.15, 0.2) is 5.69 Å². The number of piperidine rings is 1. The van der Waals surface area contributed by atoms with Gasteiger partial charge in [-0.2, -0.15) is 18.3 Å². The Morgan fingerprint density at radius 1 is 1.26 bits per heavy atom. The van der Waals surface area contributed by atoms with Crippen LogP contribution < -0.4 is 0 Å². The van der Waals surface area contributed by atoms with E-state index in [1.165, 1.54) is 6.92 Å². The predicted octanol–water partition coefficient (Wildman–Crippen LogP) is 1.51. The number of carbonyl (C=O) groups excluding carboxylic acids is 2. The van der Waals surface area contributed by atoms with Crippen molar-refractivity contribution in [1.82, 2.24) is 20.0 Å². The molecule has 2 amide bonds. The summed E-state index contributed by atoms with van der Waals surface area (Å²) in [5.74, 6) is -0.408. The van der Waals surface area contributed by atoms with Gasteiger partial charge in [-0.15, -0.1) is 0 Å². The first-order valence-corrected chi connectivity index (χ1v) is 7.45.